The van der Waals surface area contributed by atoms with Gasteiger partial charge in [0.2, 0.25) is 0 Å². The van der Waals surface area contributed by atoms with Crippen LogP contribution in [0.25, 0.3) is 10.2 Å². The third kappa shape index (κ3) is 3.65. The van der Waals surface area contributed by atoms with Gasteiger partial charge in [-0.25, -0.2) is 4.98 Å². The number of rotatable bonds is 5. The molecule has 0 aliphatic carbocycles. The molecule has 1 fully saturated rings. The Morgan fingerprint density at radius 3 is 2.83 bits per heavy atom. The Morgan fingerprint density at radius 1 is 1.39 bits per heavy atom. The lowest BCUT2D eigenvalue weighted by molar-refractivity contribution is 0.0331. The minimum Gasteiger partial charge on any atom is -0.379 e. The molecule has 1 saturated heterocycles. The van der Waals surface area contributed by atoms with Gasteiger partial charge in [-0.2, -0.15) is 0 Å². The molecular weight excluding hydrogens is 310 g/mol. The summed E-state index contributed by atoms with van der Waals surface area (Å²) in [5.41, 5.74) is 1.20. The van der Waals surface area contributed by atoms with Gasteiger partial charge in [-0.15, -0.1) is 11.3 Å². The highest BCUT2D eigenvalue weighted by atomic mass is 32.1. The van der Waals surface area contributed by atoms with Crippen LogP contribution in [0, 0.1) is 12.8 Å². The van der Waals surface area contributed by atoms with Crippen molar-refractivity contribution in [3.63, 3.8) is 0 Å². The van der Waals surface area contributed by atoms with E-state index < -0.39 is 0 Å². The van der Waals surface area contributed by atoms with Crippen molar-refractivity contribution in [1.29, 1.82) is 0 Å². The molecule has 1 aliphatic heterocycles. The fraction of sp³-hybridized carbons (Fsp3) is 0.647. The van der Waals surface area contributed by atoms with Crippen molar-refractivity contribution in [1.82, 2.24) is 14.9 Å². The van der Waals surface area contributed by atoms with Crippen LogP contribution in [-0.4, -0.2) is 41.2 Å². The van der Waals surface area contributed by atoms with Gasteiger partial charge in [0.15, 0.2) is 0 Å². The quantitative estimate of drug-likeness (QED) is 0.913. The average Bonchev–Trinajstić information content (AvgIpc) is 2.84. The van der Waals surface area contributed by atoms with E-state index in [9.17, 15) is 4.79 Å². The molecule has 126 valence electrons. The van der Waals surface area contributed by atoms with Crippen LogP contribution in [-0.2, 0) is 17.7 Å². The zero-order chi connectivity index (χ0) is 16.4. The first-order chi connectivity index (χ1) is 11.1. The third-order valence-corrected chi connectivity index (χ3v) is 5.68. The minimum absolute atomic E-state index is 0.0147. The van der Waals surface area contributed by atoms with Gasteiger partial charge in [0.05, 0.1) is 25.1 Å². The van der Waals surface area contributed by atoms with Gasteiger partial charge in [-0.05, 0) is 24.8 Å². The summed E-state index contributed by atoms with van der Waals surface area (Å²) in [4.78, 5) is 24.7. The number of aromatic amines is 1. The first kappa shape index (κ1) is 16.6. The summed E-state index contributed by atoms with van der Waals surface area (Å²) in [6, 6.07) is 0. The molecule has 1 atom stereocenters. The summed E-state index contributed by atoms with van der Waals surface area (Å²) >= 11 is 1.65. The lowest BCUT2D eigenvalue weighted by atomic mass is 9.98. The number of aryl methyl sites for hydroxylation is 1. The standard InChI is InChI=1S/C17H25N3O2S/c1-4-11(2)9-13-12(3)23-17-15(13)16(21)18-14(19-17)10-20-5-7-22-8-6-20/h11H,4-10H2,1-3H3,(H,18,19,21)/t11-/m0/s1. The van der Waals surface area contributed by atoms with Crippen LogP contribution >= 0.6 is 11.3 Å². The van der Waals surface area contributed by atoms with Crippen molar-refractivity contribution in [3.05, 3.63) is 26.6 Å². The van der Waals surface area contributed by atoms with Crippen molar-refractivity contribution < 1.29 is 4.74 Å². The second-order valence-electron chi connectivity index (χ2n) is 6.44. The number of nitrogens with zero attached hydrogens (tertiary/aromatic N) is 2. The predicted octanol–water partition coefficient (Wildman–Crippen LogP) is 2.71. The number of hydrogen-bond acceptors (Lipinski definition) is 5. The molecule has 0 amide bonds. The van der Waals surface area contributed by atoms with E-state index in [1.54, 1.807) is 11.3 Å². The maximum Gasteiger partial charge on any atom is 0.259 e. The van der Waals surface area contributed by atoms with Crippen LogP contribution in [0.15, 0.2) is 4.79 Å². The van der Waals surface area contributed by atoms with Gasteiger partial charge in [0.25, 0.3) is 5.56 Å². The number of ether oxygens (including phenoxy) is 1. The first-order valence-corrected chi connectivity index (χ1v) is 9.21. The van der Waals surface area contributed by atoms with Gasteiger partial charge >= 0.3 is 0 Å². The molecule has 0 bridgehead atoms. The maximum atomic E-state index is 12.6. The second kappa shape index (κ2) is 7.11. The number of hydrogen-bond donors (Lipinski definition) is 1. The molecule has 1 N–H and O–H groups in total. The van der Waals surface area contributed by atoms with Crippen LogP contribution in [0.3, 0.4) is 0 Å². The number of H-pyrrole nitrogens is 1. The monoisotopic (exact) mass is 335 g/mol. The van der Waals surface area contributed by atoms with Crippen molar-refractivity contribution in [3.8, 4) is 0 Å². The Balaban J connectivity index is 1.91. The van der Waals surface area contributed by atoms with E-state index in [-0.39, 0.29) is 5.56 Å². The summed E-state index contributed by atoms with van der Waals surface area (Å²) in [7, 11) is 0. The van der Waals surface area contributed by atoms with Crippen molar-refractivity contribution >= 4 is 21.6 Å². The van der Waals surface area contributed by atoms with Crippen LogP contribution in [0.5, 0.6) is 0 Å². The Hall–Kier alpha value is -1.24. The van der Waals surface area contributed by atoms with Gasteiger partial charge in [-0.3, -0.25) is 9.69 Å². The predicted molar refractivity (Wildman–Crippen MR) is 94.2 cm³/mol. The van der Waals surface area contributed by atoms with Gasteiger partial charge in [-0.1, -0.05) is 20.3 Å². The Kier molecular flexibility index (Phi) is 5.14. The highest BCUT2D eigenvalue weighted by Crippen LogP contribution is 2.29. The van der Waals surface area contributed by atoms with Gasteiger partial charge in [0, 0.05) is 18.0 Å². The molecule has 2 aromatic rings. The highest BCUT2D eigenvalue weighted by Gasteiger charge is 2.18. The number of aromatic nitrogens is 2. The van der Waals surface area contributed by atoms with Crippen LogP contribution < -0.4 is 5.56 Å². The zero-order valence-corrected chi connectivity index (χ0v) is 15.0. The summed E-state index contributed by atoms with van der Waals surface area (Å²) in [6.45, 7) is 10.5. The molecule has 6 heteroatoms. The van der Waals surface area contributed by atoms with E-state index in [2.05, 4.69) is 30.7 Å². The molecular formula is C17H25N3O2S. The molecule has 0 saturated carbocycles. The number of morpholine rings is 1. The summed E-state index contributed by atoms with van der Waals surface area (Å²) in [5.74, 6) is 1.35. The minimum atomic E-state index is 0.0147. The molecule has 3 rings (SSSR count). The molecule has 23 heavy (non-hydrogen) atoms. The van der Waals surface area contributed by atoms with Gasteiger partial charge < -0.3 is 9.72 Å². The van der Waals surface area contributed by atoms with E-state index in [0.29, 0.717) is 12.5 Å². The Morgan fingerprint density at radius 2 is 2.13 bits per heavy atom. The van der Waals surface area contributed by atoms with E-state index in [1.165, 1.54) is 10.4 Å². The molecule has 0 radical (unpaired) electrons. The third-order valence-electron chi connectivity index (χ3n) is 4.64. The fourth-order valence-corrected chi connectivity index (χ4v) is 4.08. The topological polar surface area (TPSA) is 58.2 Å². The number of thiophene rings is 1. The highest BCUT2D eigenvalue weighted by molar-refractivity contribution is 7.18. The summed E-state index contributed by atoms with van der Waals surface area (Å²) < 4.78 is 5.37. The summed E-state index contributed by atoms with van der Waals surface area (Å²) in [5, 5.41) is 0.804. The van der Waals surface area contributed by atoms with Crippen LogP contribution in [0.4, 0.5) is 0 Å². The lowest BCUT2D eigenvalue weighted by Crippen LogP contribution is -2.36. The fourth-order valence-electron chi connectivity index (χ4n) is 3.00. The normalized spacial score (nSPS) is 17.7. The van der Waals surface area contributed by atoms with Crippen molar-refractivity contribution in [2.75, 3.05) is 26.3 Å². The van der Waals surface area contributed by atoms with Crippen LogP contribution in [0.2, 0.25) is 0 Å². The largest absolute Gasteiger partial charge is 0.379 e. The molecule has 5 nitrogen and oxygen atoms in total. The smallest absolute Gasteiger partial charge is 0.259 e. The van der Waals surface area contributed by atoms with Crippen molar-refractivity contribution in [2.24, 2.45) is 5.92 Å². The molecule has 3 heterocycles. The van der Waals surface area contributed by atoms with E-state index >= 15 is 0 Å². The Labute approximate surface area is 140 Å². The molecule has 0 aromatic carbocycles. The Bertz CT molecular complexity index is 731. The average molecular weight is 335 g/mol. The van der Waals surface area contributed by atoms with E-state index in [0.717, 1.165) is 55.2 Å². The SMILES string of the molecule is CC[C@H](C)Cc1c(C)sc2nc(CN3CCOCC3)[nH]c(=O)c12. The second-order valence-corrected chi connectivity index (χ2v) is 7.64. The molecule has 2 aromatic heterocycles. The number of nitrogens with one attached hydrogen (secondary N) is 1. The molecule has 1 aliphatic rings. The lowest BCUT2D eigenvalue weighted by Gasteiger charge is -2.25. The van der Waals surface area contributed by atoms with E-state index in [1.807, 2.05) is 0 Å². The van der Waals surface area contributed by atoms with Crippen LogP contribution in [0.1, 0.15) is 36.5 Å². The number of fused-ring (bicyclic) bond motifs is 1. The first-order valence-electron chi connectivity index (χ1n) is 8.39. The molecule has 0 unspecified atom stereocenters. The van der Waals surface area contributed by atoms with E-state index in [4.69, 9.17) is 9.72 Å². The maximum absolute atomic E-state index is 12.6. The zero-order valence-electron chi connectivity index (χ0n) is 14.1. The van der Waals surface area contributed by atoms with Gasteiger partial charge in [0.1, 0.15) is 10.7 Å². The molecule has 0 spiro atoms. The van der Waals surface area contributed by atoms with Crippen molar-refractivity contribution in [2.45, 2.75) is 40.2 Å². The summed E-state index contributed by atoms with van der Waals surface area (Å²) in [6.07, 6.45) is 2.08.